The van der Waals surface area contributed by atoms with Crippen LogP contribution in [0.1, 0.15) is 18.2 Å². The topological polar surface area (TPSA) is 41.1 Å². The fourth-order valence-electron chi connectivity index (χ4n) is 2.18. The number of aryl methyl sites for hydroxylation is 1. The summed E-state index contributed by atoms with van der Waals surface area (Å²) in [5, 5.41) is 11.0. The van der Waals surface area contributed by atoms with Crippen LogP contribution in [0.25, 0.3) is 16.2 Å². The van der Waals surface area contributed by atoms with Crippen molar-refractivity contribution in [3.05, 3.63) is 47.1 Å². The highest BCUT2D eigenvalue weighted by atomic mass is 32.1. The van der Waals surface area contributed by atoms with Crippen molar-refractivity contribution in [1.29, 1.82) is 5.26 Å². The van der Waals surface area contributed by atoms with Crippen molar-refractivity contribution in [3.8, 4) is 17.3 Å². The Bertz CT molecular complexity index is 744. The summed E-state index contributed by atoms with van der Waals surface area (Å²) in [6.45, 7) is 2.15. The molecule has 0 aliphatic rings. The van der Waals surface area contributed by atoms with Gasteiger partial charge in [0.2, 0.25) is 0 Å². The number of fused-ring (bicyclic) bond motifs is 1. The summed E-state index contributed by atoms with van der Waals surface area (Å²) in [4.78, 5) is 5.29. The summed E-state index contributed by atoms with van der Waals surface area (Å²) in [6.07, 6.45) is 3.22. The Morgan fingerprint density at radius 3 is 2.79 bits per heavy atom. The lowest BCUT2D eigenvalue weighted by Gasteiger charge is -2.03. The van der Waals surface area contributed by atoms with Crippen molar-refractivity contribution >= 4 is 16.3 Å². The minimum absolute atomic E-state index is 0.387. The Balaban J connectivity index is 2.13. The molecular weight excluding hydrogens is 254 g/mol. The highest BCUT2D eigenvalue weighted by Crippen LogP contribution is 2.27. The molecule has 0 bridgehead atoms. The third-order valence-corrected chi connectivity index (χ3v) is 4.08. The Kier molecular flexibility index (Phi) is 3.06. The zero-order valence-electron chi connectivity index (χ0n) is 10.6. The van der Waals surface area contributed by atoms with Gasteiger partial charge in [0.1, 0.15) is 0 Å². The van der Waals surface area contributed by atoms with Crippen molar-refractivity contribution in [2.75, 3.05) is 0 Å². The first-order chi connectivity index (χ1) is 9.33. The zero-order valence-corrected chi connectivity index (χ0v) is 11.4. The summed E-state index contributed by atoms with van der Waals surface area (Å²) >= 11 is 1.61. The number of nitriles is 1. The van der Waals surface area contributed by atoms with Gasteiger partial charge in [0.25, 0.3) is 0 Å². The van der Waals surface area contributed by atoms with E-state index in [-0.39, 0.29) is 0 Å². The largest absolute Gasteiger partial charge is 0.286 e. The zero-order chi connectivity index (χ0) is 13.2. The molecule has 0 radical (unpaired) electrons. The van der Waals surface area contributed by atoms with E-state index >= 15 is 0 Å². The van der Waals surface area contributed by atoms with Crippen molar-refractivity contribution in [2.24, 2.45) is 0 Å². The lowest BCUT2D eigenvalue weighted by atomic mass is 10.1. The lowest BCUT2D eigenvalue weighted by Crippen LogP contribution is -1.92. The van der Waals surface area contributed by atoms with E-state index < -0.39 is 0 Å². The van der Waals surface area contributed by atoms with Crippen LogP contribution < -0.4 is 0 Å². The van der Waals surface area contributed by atoms with Gasteiger partial charge < -0.3 is 0 Å². The quantitative estimate of drug-likeness (QED) is 0.726. The van der Waals surface area contributed by atoms with Crippen LogP contribution in [0.15, 0.2) is 35.8 Å². The maximum atomic E-state index is 8.88. The van der Waals surface area contributed by atoms with Crippen LogP contribution in [-0.4, -0.2) is 9.38 Å². The second-order valence-corrected chi connectivity index (χ2v) is 5.21. The van der Waals surface area contributed by atoms with Crippen LogP contribution in [-0.2, 0) is 12.8 Å². The van der Waals surface area contributed by atoms with Crippen LogP contribution in [0, 0.1) is 11.3 Å². The van der Waals surface area contributed by atoms with E-state index in [9.17, 15) is 0 Å². The highest BCUT2D eigenvalue weighted by molar-refractivity contribution is 7.15. The normalized spacial score (nSPS) is 10.7. The SMILES string of the molecule is CCc1ccc(-c2csc3ncc(CC#N)n23)cc1. The number of hydrogen-bond acceptors (Lipinski definition) is 3. The fourth-order valence-corrected chi connectivity index (χ4v) is 3.08. The molecule has 2 heterocycles. The molecule has 0 spiro atoms. The second kappa shape index (κ2) is 4.87. The van der Waals surface area contributed by atoms with E-state index in [1.807, 2.05) is 0 Å². The standard InChI is InChI=1S/C15H13N3S/c1-2-11-3-5-12(6-4-11)14-10-19-15-17-9-13(7-8-16)18(14)15/h3-6,9-10H,2,7H2,1H3. The van der Waals surface area contributed by atoms with E-state index in [4.69, 9.17) is 5.26 Å². The summed E-state index contributed by atoms with van der Waals surface area (Å²) in [6, 6.07) is 10.8. The predicted molar refractivity (Wildman–Crippen MR) is 77.2 cm³/mol. The maximum absolute atomic E-state index is 8.88. The third kappa shape index (κ3) is 2.02. The molecule has 0 amide bonds. The molecule has 4 heteroatoms. The molecule has 94 valence electrons. The summed E-state index contributed by atoms with van der Waals surface area (Å²) in [5.41, 5.74) is 4.57. The Hall–Kier alpha value is -2.12. The van der Waals surface area contributed by atoms with Crippen LogP contribution >= 0.6 is 11.3 Å². The van der Waals surface area contributed by atoms with Gasteiger partial charge in [-0.15, -0.1) is 11.3 Å². The fraction of sp³-hybridized carbons (Fsp3) is 0.200. The second-order valence-electron chi connectivity index (χ2n) is 4.37. The monoisotopic (exact) mass is 267 g/mol. The first-order valence-electron chi connectivity index (χ1n) is 6.23. The van der Waals surface area contributed by atoms with E-state index in [1.54, 1.807) is 17.5 Å². The van der Waals surface area contributed by atoms with Crippen LogP contribution in [0.3, 0.4) is 0 Å². The van der Waals surface area contributed by atoms with Crippen molar-refractivity contribution in [1.82, 2.24) is 9.38 Å². The molecule has 0 saturated carbocycles. The molecule has 3 nitrogen and oxygen atoms in total. The number of benzene rings is 1. The van der Waals surface area contributed by atoms with E-state index in [1.165, 1.54) is 11.1 Å². The molecule has 0 atom stereocenters. The van der Waals surface area contributed by atoms with Crippen molar-refractivity contribution in [2.45, 2.75) is 19.8 Å². The third-order valence-electron chi connectivity index (χ3n) is 3.24. The average Bonchev–Trinajstić information content (AvgIpc) is 3.02. The Labute approximate surface area is 115 Å². The van der Waals surface area contributed by atoms with Gasteiger partial charge in [0.15, 0.2) is 4.96 Å². The van der Waals surface area contributed by atoms with Crippen molar-refractivity contribution < 1.29 is 0 Å². The molecule has 3 rings (SSSR count). The van der Waals surface area contributed by atoms with Crippen LogP contribution in [0.5, 0.6) is 0 Å². The number of imidazole rings is 1. The Morgan fingerprint density at radius 2 is 2.11 bits per heavy atom. The smallest absolute Gasteiger partial charge is 0.194 e. The molecular formula is C15H13N3S. The predicted octanol–water partition coefficient (Wildman–Crippen LogP) is 3.69. The van der Waals surface area contributed by atoms with Gasteiger partial charge in [-0.25, -0.2) is 4.98 Å². The molecule has 0 unspecified atom stereocenters. The van der Waals surface area contributed by atoms with Gasteiger partial charge in [-0.05, 0) is 17.5 Å². The molecule has 0 fully saturated rings. The average molecular weight is 267 g/mol. The first kappa shape index (κ1) is 11.9. The minimum Gasteiger partial charge on any atom is -0.286 e. The van der Waals surface area contributed by atoms with E-state index in [0.717, 1.165) is 22.8 Å². The highest BCUT2D eigenvalue weighted by Gasteiger charge is 2.11. The number of hydrogen-bond donors (Lipinski definition) is 0. The minimum atomic E-state index is 0.387. The van der Waals surface area contributed by atoms with Crippen LogP contribution in [0.2, 0.25) is 0 Å². The first-order valence-corrected chi connectivity index (χ1v) is 7.11. The summed E-state index contributed by atoms with van der Waals surface area (Å²) < 4.78 is 2.08. The van der Waals surface area contributed by atoms with E-state index in [0.29, 0.717) is 6.42 Å². The molecule has 2 aromatic heterocycles. The number of nitrogens with zero attached hydrogens (tertiary/aromatic N) is 3. The van der Waals surface area contributed by atoms with Crippen molar-refractivity contribution in [3.63, 3.8) is 0 Å². The molecule has 0 saturated heterocycles. The van der Waals surface area contributed by atoms with Gasteiger partial charge in [-0.1, -0.05) is 31.2 Å². The van der Waals surface area contributed by atoms with Gasteiger partial charge in [-0.3, -0.25) is 4.40 Å². The summed E-state index contributed by atoms with van der Waals surface area (Å²) in [7, 11) is 0. The molecule has 0 aliphatic carbocycles. The molecule has 3 aromatic rings. The van der Waals surface area contributed by atoms with Crippen LogP contribution in [0.4, 0.5) is 0 Å². The van der Waals surface area contributed by atoms with Gasteiger partial charge in [-0.2, -0.15) is 5.26 Å². The molecule has 0 aliphatic heterocycles. The van der Waals surface area contributed by atoms with Gasteiger partial charge in [0, 0.05) is 5.38 Å². The Morgan fingerprint density at radius 1 is 1.32 bits per heavy atom. The summed E-state index contributed by atoms with van der Waals surface area (Å²) in [5.74, 6) is 0. The lowest BCUT2D eigenvalue weighted by molar-refractivity contribution is 1.08. The molecule has 19 heavy (non-hydrogen) atoms. The molecule has 1 aromatic carbocycles. The van der Waals surface area contributed by atoms with Gasteiger partial charge >= 0.3 is 0 Å². The maximum Gasteiger partial charge on any atom is 0.194 e. The van der Waals surface area contributed by atoms with Gasteiger partial charge in [0.05, 0.1) is 30.1 Å². The molecule has 0 N–H and O–H groups in total. The van der Waals surface area contributed by atoms with E-state index in [2.05, 4.69) is 52.0 Å². The number of thiazole rings is 1. The number of aromatic nitrogens is 2. The number of rotatable bonds is 3.